The molecule has 0 bridgehead atoms. The van der Waals surface area contributed by atoms with Gasteiger partial charge in [-0.2, -0.15) is 0 Å². The SMILES string of the molecule is Cc1ccsc1-c1ccc[nH]c1=O. The Balaban J connectivity index is 2.66. The quantitative estimate of drug-likeness (QED) is 0.737. The van der Waals surface area contributed by atoms with E-state index in [2.05, 4.69) is 4.98 Å². The van der Waals surface area contributed by atoms with Crippen LogP contribution in [-0.4, -0.2) is 4.98 Å². The van der Waals surface area contributed by atoms with E-state index in [-0.39, 0.29) is 5.56 Å². The lowest BCUT2D eigenvalue weighted by molar-refractivity contribution is 1.24. The maximum Gasteiger partial charge on any atom is 0.256 e. The molecule has 2 aromatic rings. The Morgan fingerprint density at radius 3 is 2.85 bits per heavy atom. The fourth-order valence-electron chi connectivity index (χ4n) is 1.25. The summed E-state index contributed by atoms with van der Waals surface area (Å²) in [4.78, 5) is 15.1. The normalized spacial score (nSPS) is 10.2. The van der Waals surface area contributed by atoms with Gasteiger partial charge in [0.1, 0.15) is 0 Å². The first-order chi connectivity index (χ1) is 6.29. The second-order valence-electron chi connectivity index (χ2n) is 2.85. The molecule has 3 heteroatoms. The minimum absolute atomic E-state index is 0.0203. The zero-order valence-electron chi connectivity index (χ0n) is 7.20. The van der Waals surface area contributed by atoms with Gasteiger partial charge in [0.25, 0.3) is 5.56 Å². The van der Waals surface area contributed by atoms with Crippen LogP contribution < -0.4 is 5.56 Å². The summed E-state index contributed by atoms with van der Waals surface area (Å²) < 4.78 is 0. The predicted octanol–water partition coefficient (Wildman–Crippen LogP) is 2.41. The van der Waals surface area contributed by atoms with E-state index in [0.29, 0.717) is 0 Å². The molecule has 0 aliphatic rings. The standard InChI is InChI=1S/C10H9NOS/c1-7-4-6-13-9(7)8-3-2-5-11-10(8)12/h2-6H,1H3,(H,11,12). The maximum atomic E-state index is 11.4. The first-order valence-corrected chi connectivity index (χ1v) is 4.89. The summed E-state index contributed by atoms with van der Waals surface area (Å²) in [5.74, 6) is 0. The molecule has 0 atom stereocenters. The van der Waals surface area contributed by atoms with E-state index in [0.717, 1.165) is 16.0 Å². The lowest BCUT2D eigenvalue weighted by Crippen LogP contribution is -2.06. The Morgan fingerprint density at radius 2 is 2.23 bits per heavy atom. The van der Waals surface area contributed by atoms with Gasteiger partial charge in [0, 0.05) is 11.1 Å². The van der Waals surface area contributed by atoms with Crippen molar-refractivity contribution in [3.63, 3.8) is 0 Å². The van der Waals surface area contributed by atoms with E-state index in [1.807, 2.05) is 30.5 Å². The number of hydrogen-bond acceptors (Lipinski definition) is 2. The second kappa shape index (κ2) is 3.18. The van der Waals surface area contributed by atoms with E-state index in [1.165, 1.54) is 0 Å². The monoisotopic (exact) mass is 191 g/mol. The molecule has 66 valence electrons. The van der Waals surface area contributed by atoms with Gasteiger partial charge in [-0.25, -0.2) is 0 Å². The van der Waals surface area contributed by atoms with Gasteiger partial charge >= 0.3 is 0 Å². The molecule has 0 radical (unpaired) electrons. The summed E-state index contributed by atoms with van der Waals surface area (Å²) in [6.45, 7) is 2.01. The third-order valence-corrected chi connectivity index (χ3v) is 2.97. The van der Waals surface area contributed by atoms with Crippen molar-refractivity contribution in [2.75, 3.05) is 0 Å². The first kappa shape index (κ1) is 8.26. The van der Waals surface area contributed by atoms with E-state index >= 15 is 0 Å². The number of pyridine rings is 1. The smallest absolute Gasteiger partial charge is 0.256 e. The zero-order chi connectivity index (χ0) is 9.26. The molecule has 2 heterocycles. The molecular formula is C10H9NOS. The minimum atomic E-state index is -0.0203. The van der Waals surface area contributed by atoms with Crippen LogP contribution in [0.2, 0.25) is 0 Å². The average Bonchev–Trinajstić information content (AvgIpc) is 2.52. The summed E-state index contributed by atoms with van der Waals surface area (Å²) in [6, 6.07) is 5.71. The molecule has 0 aliphatic carbocycles. The summed E-state index contributed by atoms with van der Waals surface area (Å²) >= 11 is 1.60. The van der Waals surface area contributed by atoms with Gasteiger partial charge < -0.3 is 4.98 Å². The van der Waals surface area contributed by atoms with Crippen molar-refractivity contribution < 1.29 is 0 Å². The largest absolute Gasteiger partial charge is 0.329 e. The van der Waals surface area contributed by atoms with Crippen LogP contribution in [0, 0.1) is 6.92 Å². The molecule has 0 amide bonds. The van der Waals surface area contributed by atoms with Crippen molar-refractivity contribution in [1.82, 2.24) is 4.98 Å². The molecule has 13 heavy (non-hydrogen) atoms. The Bertz CT molecular complexity index is 470. The molecule has 0 saturated heterocycles. The number of aryl methyl sites for hydroxylation is 1. The van der Waals surface area contributed by atoms with Crippen molar-refractivity contribution in [2.24, 2.45) is 0 Å². The highest BCUT2D eigenvalue weighted by Crippen LogP contribution is 2.25. The Morgan fingerprint density at radius 1 is 1.38 bits per heavy atom. The van der Waals surface area contributed by atoms with Gasteiger partial charge in [-0.05, 0) is 36.1 Å². The summed E-state index contributed by atoms with van der Waals surface area (Å²) in [6.07, 6.45) is 1.65. The first-order valence-electron chi connectivity index (χ1n) is 4.01. The fourth-order valence-corrected chi connectivity index (χ4v) is 2.20. The van der Waals surface area contributed by atoms with Crippen molar-refractivity contribution in [3.8, 4) is 10.4 Å². The molecule has 0 saturated carbocycles. The van der Waals surface area contributed by atoms with Crippen LogP contribution >= 0.6 is 11.3 Å². The summed E-state index contributed by atoms with van der Waals surface area (Å²) in [7, 11) is 0. The molecule has 2 rings (SSSR count). The van der Waals surface area contributed by atoms with Crippen molar-refractivity contribution >= 4 is 11.3 Å². The Hall–Kier alpha value is -1.35. The van der Waals surface area contributed by atoms with Crippen LogP contribution in [0.4, 0.5) is 0 Å². The van der Waals surface area contributed by atoms with E-state index < -0.39 is 0 Å². The van der Waals surface area contributed by atoms with E-state index in [9.17, 15) is 4.79 Å². The van der Waals surface area contributed by atoms with Gasteiger partial charge in [-0.15, -0.1) is 11.3 Å². The number of thiophene rings is 1. The van der Waals surface area contributed by atoms with Gasteiger partial charge in [-0.3, -0.25) is 4.79 Å². The topological polar surface area (TPSA) is 32.9 Å². The third kappa shape index (κ3) is 1.42. The van der Waals surface area contributed by atoms with Crippen molar-refractivity contribution in [1.29, 1.82) is 0 Å². The lowest BCUT2D eigenvalue weighted by atomic mass is 10.2. The van der Waals surface area contributed by atoms with Crippen LogP contribution in [0.15, 0.2) is 34.6 Å². The third-order valence-electron chi connectivity index (χ3n) is 1.92. The molecule has 2 nitrogen and oxygen atoms in total. The highest BCUT2D eigenvalue weighted by Gasteiger charge is 2.05. The zero-order valence-corrected chi connectivity index (χ0v) is 8.02. The molecule has 1 N–H and O–H groups in total. The Kier molecular flexibility index (Phi) is 2.02. The number of H-pyrrole nitrogens is 1. The fraction of sp³-hybridized carbons (Fsp3) is 0.100. The number of hydrogen-bond donors (Lipinski definition) is 1. The van der Waals surface area contributed by atoms with Crippen LogP contribution in [0.5, 0.6) is 0 Å². The molecule has 0 spiro atoms. The van der Waals surface area contributed by atoms with Crippen LogP contribution in [0.1, 0.15) is 5.56 Å². The van der Waals surface area contributed by atoms with Gasteiger partial charge in [0.2, 0.25) is 0 Å². The molecule has 0 unspecified atom stereocenters. The summed E-state index contributed by atoms with van der Waals surface area (Å²) in [5, 5.41) is 2.00. The van der Waals surface area contributed by atoms with E-state index in [4.69, 9.17) is 0 Å². The van der Waals surface area contributed by atoms with Gasteiger partial charge in [-0.1, -0.05) is 0 Å². The predicted molar refractivity (Wildman–Crippen MR) is 55.1 cm³/mol. The van der Waals surface area contributed by atoms with Crippen LogP contribution in [0.3, 0.4) is 0 Å². The van der Waals surface area contributed by atoms with Crippen molar-refractivity contribution in [3.05, 3.63) is 45.7 Å². The number of nitrogens with one attached hydrogen (secondary N) is 1. The maximum absolute atomic E-state index is 11.4. The molecule has 0 aliphatic heterocycles. The average molecular weight is 191 g/mol. The molecular weight excluding hydrogens is 182 g/mol. The van der Waals surface area contributed by atoms with Gasteiger partial charge in [0.15, 0.2) is 0 Å². The van der Waals surface area contributed by atoms with Crippen LogP contribution in [-0.2, 0) is 0 Å². The molecule has 0 fully saturated rings. The highest BCUT2D eigenvalue weighted by atomic mass is 32.1. The number of aromatic amines is 1. The molecule has 0 aromatic carbocycles. The van der Waals surface area contributed by atoms with E-state index in [1.54, 1.807) is 17.5 Å². The minimum Gasteiger partial charge on any atom is -0.329 e. The summed E-state index contributed by atoms with van der Waals surface area (Å²) in [5.41, 5.74) is 1.89. The van der Waals surface area contributed by atoms with Crippen molar-refractivity contribution in [2.45, 2.75) is 6.92 Å². The number of aromatic nitrogens is 1. The molecule has 2 aromatic heterocycles. The van der Waals surface area contributed by atoms with Crippen LogP contribution in [0.25, 0.3) is 10.4 Å². The Labute approximate surface area is 79.9 Å². The number of rotatable bonds is 1. The highest BCUT2D eigenvalue weighted by molar-refractivity contribution is 7.13. The van der Waals surface area contributed by atoms with Gasteiger partial charge in [0.05, 0.1) is 5.56 Å². The second-order valence-corrected chi connectivity index (χ2v) is 3.76. The lowest BCUT2D eigenvalue weighted by Gasteiger charge is -1.96.